The van der Waals surface area contributed by atoms with Gasteiger partial charge in [-0.2, -0.15) is 18.3 Å². The van der Waals surface area contributed by atoms with Crippen molar-refractivity contribution in [3.63, 3.8) is 0 Å². The molecule has 0 aliphatic carbocycles. The number of rotatable bonds is 4. The molecule has 1 aliphatic rings. The molecule has 3 aromatic rings. The number of nitrogens with one attached hydrogen (secondary N) is 1. The van der Waals surface area contributed by atoms with Gasteiger partial charge in [-0.05, 0) is 25.5 Å². The molecule has 0 aromatic carbocycles. The monoisotopic (exact) mass is 446 g/mol. The molecule has 0 radical (unpaired) electrons. The van der Waals surface area contributed by atoms with Crippen LogP contribution < -0.4 is 10.2 Å². The maximum absolute atomic E-state index is 13.6. The number of carbonyl (C=O) groups excluding carboxylic acids is 1. The van der Waals surface area contributed by atoms with Crippen LogP contribution in [-0.4, -0.2) is 49.5 Å². The van der Waals surface area contributed by atoms with Gasteiger partial charge < -0.3 is 15.3 Å². The van der Waals surface area contributed by atoms with E-state index in [0.29, 0.717) is 23.9 Å². The predicted octanol–water partition coefficient (Wildman–Crippen LogP) is 3.11. The lowest BCUT2D eigenvalue weighted by Gasteiger charge is -2.24. The molecule has 1 saturated heterocycles. The molecule has 2 atom stereocenters. The van der Waals surface area contributed by atoms with Gasteiger partial charge in [0.05, 0.1) is 29.2 Å². The van der Waals surface area contributed by atoms with Crippen LogP contribution in [0.15, 0.2) is 42.9 Å². The molecule has 2 N–H and O–H groups in total. The van der Waals surface area contributed by atoms with Gasteiger partial charge >= 0.3 is 6.18 Å². The molecule has 2 unspecified atom stereocenters. The Labute approximate surface area is 181 Å². The van der Waals surface area contributed by atoms with Gasteiger partial charge in [0.15, 0.2) is 0 Å². The van der Waals surface area contributed by atoms with E-state index in [-0.39, 0.29) is 24.1 Å². The number of hydrogen-bond acceptors (Lipinski definition) is 6. The van der Waals surface area contributed by atoms with Gasteiger partial charge in [0.2, 0.25) is 0 Å². The van der Waals surface area contributed by atoms with Crippen molar-refractivity contribution in [2.75, 3.05) is 16.8 Å². The van der Waals surface area contributed by atoms with E-state index in [0.717, 1.165) is 0 Å². The van der Waals surface area contributed by atoms with E-state index in [1.165, 1.54) is 12.1 Å². The minimum atomic E-state index is -4.71. The number of aliphatic hydroxyl groups is 1. The number of amides is 1. The highest BCUT2D eigenvalue weighted by molar-refractivity contribution is 6.03. The molecule has 0 saturated carbocycles. The van der Waals surface area contributed by atoms with Crippen LogP contribution in [0.25, 0.3) is 11.3 Å². The molecule has 1 fully saturated rings. The van der Waals surface area contributed by atoms with E-state index in [1.54, 1.807) is 41.2 Å². The zero-order chi connectivity index (χ0) is 23.0. The van der Waals surface area contributed by atoms with Crippen LogP contribution in [0.4, 0.5) is 24.7 Å². The highest BCUT2D eigenvalue weighted by atomic mass is 19.4. The molecule has 3 aromatic heterocycles. The topological polar surface area (TPSA) is 96.2 Å². The fraction of sp³-hybridized carbons (Fsp3) is 0.333. The van der Waals surface area contributed by atoms with Crippen molar-refractivity contribution in [2.24, 2.45) is 7.05 Å². The lowest BCUT2D eigenvalue weighted by atomic mass is 10.2. The molecule has 4 rings (SSSR count). The third-order valence-electron chi connectivity index (χ3n) is 5.27. The van der Waals surface area contributed by atoms with E-state index in [9.17, 15) is 23.1 Å². The minimum Gasteiger partial charge on any atom is -0.391 e. The van der Waals surface area contributed by atoms with Crippen LogP contribution in [0.3, 0.4) is 0 Å². The summed E-state index contributed by atoms with van der Waals surface area (Å²) in [7, 11) is 1.74. The second kappa shape index (κ2) is 8.23. The zero-order valence-electron chi connectivity index (χ0n) is 17.3. The summed E-state index contributed by atoms with van der Waals surface area (Å²) < 4.78 is 42.3. The van der Waals surface area contributed by atoms with E-state index < -0.39 is 29.4 Å². The summed E-state index contributed by atoms with van der Waals surface area (Å²) in [5.41, 5.74) is -0.383. The summed E-state index contributed by atoms with van der Waals surface area (Å²) in [4.78, 5) is 22.7. The van der Waals surface area contributed by atoms with E-state index in [4.69, 9.17) is 0 Å². The molecule has 8 nitrogen and oxygen atoms in total. The van der Waals surface area contributed by atoms with Crippen molar-refractivity contribution in [3.05, 3.63) is 54.1 Å². The summed E-state index contributed by atoms with van der Waals surface area (Å²) in [5, 5.41) is 16.3. The third-order valence-corrected chi connectivity index (χ3v) is 5.27. The Morgan fingerprint density at radius 2 is 2.06 bits per heavy atom. The van der Waals surface area contributed by atoms with Crippen molar-refractivity contribution < 1.29 is 23.1 Å². The first-order valence-corrected chi connectivity index (χ1v) is 9.91. The summed E-state index contributed by atoms with van der Waals surface area (Å²) in [6.45, 7) is 2.10. The molecule has 32 heavy (non-hydrogen) atoms. The second-order valence-electron chi connectivity index (χ2n) is 7.74. The fourth-order valence-electron chi connectivity index (χ4n) is 3.71. The maximum Gasteiger partial charge on any atom is 0.419 e. The van der Waals surface area contributed by atoms with Crippen molar-refractivity contribution in [1.29, 1.82) is 0 Å². The largest absolute Gasteiger partial charge is 0.419 e. The molecule has 1 aliphatic heterocycles. The fourth-order valence-corrected chi connectivity index (χ4v) is 3.71. The van der Waals surface area contributed by atoms with Gasteiger partial charge in [-0.25, -0.2) is 9.97 Å². The summed E-state index contributed by atoms with van der Waals surface area (Å²) in [5.74, 6) is -0.540. The predicted molar refractivity (Wildman–Crippen MR) is 111 cm³/mol. The van der Waals surface area contributed by atoms with Gasteiger partial charge in [0, 0.05) is 43.7 Å². The van der Waals surface area contributed by atoms with Crippen LogP contribution in [0.2, 0.25) is 0 Å². The zero-order valence-corrected chi connectivity index (χ0v) is 17.3. The Hall–Kier alpha value is -3.47. The molecule has 1 amide bonds. The second-order valence-corrected chi connectivity index (χ2v) is 7.74. The quantitative estimate of drug-likeness (QED) is 0.640. The van der Waals surface area contributed by atoms with E-state index in [1.807, 2.05) is 6.92 Å². The van der Waals surface area contributed by atoms with Crippen molar-refractivity contribution in [1.82, 2.24) is 19.7 Å². The Balaban J connectivity index is 1.65. The highest BCUT2D eigenvalue weighted by Gasteiger charge is 2.36. The molecular weight excluding hydrogens is 425 g/mol. The number of halogens is 3. The van der Waals surface area contributed by atoms with E-state index >= 15 is 0 Å². The average molecular weight is 446 g/mol. The van der Waals surface area contributed by atoms with Crippen LogP contribution in [0.5, 0.6) is 0 Å². The van der Waals surface area contributed by atoms with Crippen LogP contribution >= 0.6 is 0 Å². The van der Waals surface area contributed by atoms with Gasteiger partial charge in [0.1, 0.15) is 11.5 Å². The Morgan fingerprint density at radius 1 is 1.28 bits per heavy atom. The Bertz CT molecular complexity index is 1150. The minimum absolute atomic E-state index is 0.0391. The first kappa shape index (κ1) is 21.8. The number of aromatic nitrogens is 4. The standard InChI is InChI=1S/C21H21F3N6O2/c1-12-6-14(31)11-30(12)19-7-18(15(9-25-19)21(22,23)24)28-20(32)17-5-3-4-16(27-17)13-8-26-29(2)10-13/h3-5,7-10,12,14,31H,6,11H2,1-2H3,(H,25,28,32). The SMILES string of the molecule is CC1CC(O)CN1c1cc(NC(=O)c2cccc(-c3cnn(C)c3)n2)c(C(F)(F)F)cn1. The number of β-amino-alcohol motifs (C(OH)–C–C–N with tert-alkyl or cyclic N) is 1. The number of alkyl halides is 3. The van der Waals surface area contributed by atoms with Crippen LogP contribution in [0.1, 0.15) is 29.4 Å². The maximum atomic E-state index is 13.6. The normalized spacial score (nSPS) is 18.8. The van der Waals surface area contributed by atoms with Crippen molar-refractivity contribution in [2.45, 2.75) is 31.7 Å². The summed E-state index contributed by atoms with van der Waals surface area (Å²) in [6.07, 6.45) is -0.836. The molecule has 168 valence electrons. The first-order chi connectivity index (χ1) is 15.1. The third kappa shape index (κ3) is 4.42. The summed E-state index contributed by atoms with van der Waals surface area (Å²) in [6, 6.07) is 5.78. The molecular formula is C21H21F3N6O2. The lowest BCUT2D eigenvalue weighted by Crippen LogP contribution is -2.29. The van der Waals surface area contributed by atoms with E-state index in [2.05, 4.69) is 20.4 Å². The van der Waals surface area contributed by atoms with Crippen molar-refractivity contribution in [3.8, 4) is 11.3 Å². The number of carbonyl (C=O) groups is 1. The molecule has 11 heteroatoms. The summed E-state index contributed by atoms with van der Waals surface area (Å²) >= 11 is 0. The number of nitrogens with zero attached hydrogens (tertiary/aromatic N) is 5. The van der Waals surface area contributed by atoms with Gasteiger partial charge in [-0.1, -0.05) is 6.07 Å². The average Bonchev–Trinajstić information content (AvgIpc) is 3.31. The number of aliphatic hydroxyl groups excluding tert-OH is 1. The molecule has 0 bridgehead atoms. The smallest absolute Gasteiger partial charge is 0.391 e. The molecule has 4 heterocycles. The number of anilines is 2. The van der Waals surface area contributed by atoms with Gasteiger partial charge in [0.25, 0.3) is 5.91 Å². The Kier molecular flexibility index (Phi) is 5.59. The van der Waals surface area contributed by atoms with Gasteiger partial charge in [-0.3, -0.25) is 9.48 Å². The molecule has 0 spiro atoms. The van der Waals surface area contributed by atoms with Crippen molar-refractivity contribution >= 4 is 17.4 Å². The number of pyridine rings is 2. The number of aryl methyl sites for hydroxylation is 1. The van der Waals surface area contributed by atoms with Gasteiger partial charge in [-0.15, -0.1) is 0 Å². The van der Waals surface area contributed by atoms with Crippen LogP contribution in [0, 0.1) is 0 Å². The van der Waals surface area contributed by atoms with Crippen LogP contribution in [-0.2, 0) is 13.2 Å². The lowest BCUT2D eigenvalue weighted by molar-refractivity contribution is -0.137. The number of hydrogen-bond donors (Lipinski definition) is 2. The Morgan fingerprint density at radius 3 is 2.69 bits per heavy atom. The first-order valence-electron chi connectivity index (χ1n) is 9.91. The highest BCUT2D eigenvalue weighted by Crippen LogP contribution is 2.37.